The van der Waals surface area contributed by atoms with Gasteiger partial charge >= 0.3 is 0 Å². The first-order valence-corrected chi connectivity index (χ1v) is 6.46. The largest absolute Gasteiger partial charge is 0.352 e. The van der Waals surface area contributed by atoms with Crippen LogP contribution < -0.4 is 11.1 Å². The van der Waals surface area contributed by atoms with Crippen molar-refractivity contribution in [2.45, 2.75) is 57.2 Å². The van der Waals surface area contributed by atoms with Crippen LogP contribution in [0.25, 0.3) is 0 Å². The summed E-state index contributed by atoms with van der Waals surface area (Å²) in [5.74, 6) is 0.167. The van der Waals surface area contributed by atoms with Gasteiger partial charge in [-0.2, -0.15) is 0 Å². The number of hydrogen-bond acceptors (Lipinski definition) is 3. The Balaban J connectivity index is 1.72. The highest BCUT2D eigenvalue weighted by atomic mass is 16.1. The van der Waals surface area contributed by atoms with E-state index in [1.807, 2.05) is 0 Å². The molecule has 2 rings (SSSR count). The third kappa shape index (κ3) is 2.95. The van der Waals surface area contributed by atoms with Crippen molar-refractivity contribution in [2.24, 2.45) is 5.73 Å². The molecule has 1 aliphatic carbocycles. The Morgan fingerprint density at radius 2 is 2.25 bits per heavy atom. The third-order valence-corrected chi connectivity index (χ3v) is 3.61. The summed E-state index contributed by atoms with van der Waals surface area (Å²) in [6, 6.07) is 1.80. The molecular weight excluding hydrogens is 202 g/mol. The van der Waals surface area contributed by atoms with Gasteiger partial charge in [-0.1, -0.05) is 0 Å². The second kappa shape index (κ2) is 5.15. The Labute approximate surface area is 97.6 Å². The van der Waals surface area contributed by atoms with Gasteiger partial charge in [-0.15, -0.1) is 0 Å². The maximum absolute atomic E-state index is 11.6. The van der Waals surface area contributed by atoms with Crippen molar-refractivity contribution < 1.29 is 4.79 Å². The van der Waals surface area contributed by atoms with Crippen molar-refractivity contribution in [1.82, 2.24) is 10.2 Å². The summed E-state index contributed by atoms with van der Waals surface area (Å²) in [7, 11) is 0. The van der Waals surface area contributed by atoms with E-state index < -0.39 is 0 Å². The number of carbonyl (C=O) groups excluding carboxylic acids is 1. The lowest BCUT2D eigenvalue weighted by Crippen LogP contribution is -2.37. The van der Waals surface area contributed by atoms with E-state index in [1.165, 1.54) is 12.8 Å². The fourth-order valence-corrected chi connectivity index (χ4v) is 2.64. The predicted octanol–water partition coefficient (Wildman–Crippen LogP) is 0.467. The van der Waals surface area contributed by atoms with Gasteiger partial charge in [-0.05, 0) is 39.2 Å². The fourth-order valence-electron chi connectivity index (χ4n) is 2.64. The zero-order valence-electron chi connectivity index (χ0n) is 10.1. The third-order valence-electron chi connectivity index (χ3n) is 3.61. The summed E-state index contributed by atoms with van der Waals surface area (Å²) in [6.45, 7) is 3.91. The minimum absolute atomic E-state index is 0.167. The van der Waals surface area contributed by atoms with Crippen molar-refractivity contribution in [3.05, 3.63) is 0 Å². The molecule has 2 unspecified atom stereocenters. The van der Waals surface area contributed by atoms with E-state index in [0.717, 1.165) is 25.4 Å². The SMILES string of the molecule is CC1CC(NC(=O)CCCN)CN1C1CC1. The van der Waals surface area contributed by atoms with E-state index >= 15 is 0 Å². The summed E-state index contributed by atoms with van der Waals surface area (Å²) < 4.78 is 0. The van der Waals surface area contributed by atoms with Gasteiger partial charge in [0.2, 0.25) is 5.91 Å². The molecule has 1 heterocycles. The molecule has 2 aliphatic rings. The molecule has 4 heteroatoms. The van der Waals surface area contributed by atoms with Gasteiger partial charge < -0.3 is 11.1 Å². The molecule has 1 saturated heterocycles. The first-order valence-electron chi connectivity index (χ1n) is 6.46. The fraction of sp³-hybridized carbons (Fsp3) is 0.917. The Hall–Kier alpha value is -0.610. The number of nitrogens with zero attached hydrogens (tertiary/aromatic N) is 1. The van der Waals surface area contributed by atoms with Gasteiger partial charge in [0.05, 0.1) is 0 Å². The number of hydrogen-bond donors (Lipinski definition) is 2. The lowest BCUT2D eigenvalue weighted by molar-refractivity contribution is -0.121. The molecule has 1 aliphatic heterocycles. The molecule has 3 N–H and O–H groups in total. The number of nitrogens with two attached hydrogens (primary N) is 1. The highest BCUT2D eigenvalue weighted by Crippen LogP contribution is 2.33. The van der Waals surface area contributed by atoms with E-state index in [1.54, 1.807) is 0 Å². The standard InChI is InChI=1S/C12H23N3O/c1-9-7-10(8-15(9)11-4-5-11)14-12(16)3-2-6-13/h9-11H,2-8,13H2,1H3,(H,14,16). The van der Waals surface area contributed by atoms with Crippen LogP contribution in [0.15, 0.2) is 0 Å². The normalized spacial score (nSPS) is 30.6. The van der Waals surface area contributed by atoms with Crippen molar-refractivity contribution in [3.63, 3.8) is 0 Å². The van der Waals surface area contributed by atoms with Crippen molar-refractivity contribution in [1.29, 1.82) is 0 Å². The number of carbonyl (C=O) groups is 1. The number of rotatable bonds is 5. The van der Waals surface area contributed by atoms with Crippen LogP contribution in [0.3, 0.4) is 0 Å². The summed E-state index contributed by atoms with van der Waals surface area (Å²) in [5.41, 5.74) is 5.39. The minimum atomic E-state index is 0.167. The summed E-state index contributed by atoms with van der Waals surface area (Å²) in [4.78, 5) is 14.1. The van der Waals surface area contributed by atoms with Gasteiger partial charge in [-0.25, -0.2) is 0 Å². The second-order valence-electron chi connectivity index (χ2n) is 5.17. The molecular formula is C12H23N3O. The maximum atomic E-state index is 11.6. The summed E-state index contributed by atoms with van der Waals surface area (Å²) in [5, 5.41) is 3.12. The molecule has 2 fully saturated rings. The molecule has 1 saturated carbocycles. The lowest BCUT2D eigenvalue weighted by atomic mass is 10.2. The molecule has 4 nitrogen and oxygen atoms in total. The molecule has 0 aromatic carbocycles. The zero-order chi connectivity index (χ0) is 11.5. The molecule has 1 amide bonds. The molecule has 0 aromatic rings. The van der Waals surface area contributed by atoms with Crippen LogP contribution in [0, 0.1) is 0 Å². The van der Waals surface area contributed by atoms with Crippen LogP contribution in [0.5, 0.6) is 0 Å². The van der Waals surface area contributed by atoms with E-state index in [2.05, 4.69) is 17.1 Å². The highest BCUT2D eigenvalue weighted by molar-refractivity contribution is 5.76. The van der Waals surface area contributed by atoms with Crippen LogP contribution >= 0.6 is 0 Å². The average molecular weight is 225 g/mol. The van der Waals surface area contributed by atoms with Gasteiger partial charge in [-0.3, -0.25) is 9.69 Å². The quantitative estimate of drug-likeness (QED) is 0.715. The van der Waals surface area contributed by atoms with Crippen LogP contribution in [0.1, 0.15) is 39.0 Å². The van der Waals surface area contributed by atoms with E-state index in [9.17, 15) is 4.79 Å². The van der Waals surface area contributed by atoms with E-state index in [0.29, 0.717) is 25.0 Å². The minimum Gasteiger partial charge on any atom is -0.352 e. The van der Waals surface area contributed by atoms with Gasteiger partial charge in [0.25, 0.3) is 0 Å². The molecule has 2 atom stereocenters. The first kappa shape index (κ1) is 11.9. The maximum Gasteiger partial charge on any atom is 0.220 e. The van der Waals surface area contributed by atoms with Gasteiger partial charge in [0.1, 0.15) is 0 Å². The average Bonchev–Trinajstić information content (AvgIpc) is 3.01. The van der Waals surface area contributed by atoms with Gasteiger partial charge in [0.15, 0.2) is 0 Å². The van der Waals surface area contributed by atoms with Gasteiger partial charge in [0, 0.05) is 31.1 Å². The van der Waals surface area contributed by atoms with Crippen molar-refractivity contribution >= 4 is 5.91 Å². The molecule has 0 radical (unpaired) electrons. The first-order chi connectivity index (χ1) is 7.70. The van der Waals surface area contributed by atoms with Crippen LogP contribution in [-0.4, -0.2) is 42.0 Å². The summed E-state index contributed by atoms with van der Waals surface area (Å²) >= 11 is 0. The van der Waals surface area contributed by atoms with Crippen molar-refractivity contribution in [3.8, 4) is 0 Å². The predicted molar refractivity (Wildman–Crippen MR) is 64.0 cm³/mol. The van der Waals surface area contributed by atoms with Crippen LogP contribution in [0.4, 0.5) is 0 Å². The monoisotopic (exact) mass is 225 g/mol. The molecule has 0 aromatic heterocycles. The van der Waals surface area contributed by atoms with Crippen LogP contribution in [-0.2, 0) is 4.79 Å². The topological polar surface area (TPSA) is 58.4 Å². The van der Waals surface area contributed by atoms with Crippen molar-refractivity contribution in [2.75, 3.05) is 13.1 Å². The molecule has 16 heavy (non-hydrogen) atoms. The Morgan fingerprint density at radius 1 is 1.50 bits per heavy atom. The Morgan fingerprint density at radius 3 is 2.88 bits per heavy atom. The zero-order valence-corrected chi connectivity index (χ0v) is 10.1. The van der Waals surface area contributed by atoms with E-state index in [4.69, 9.17) is 5.73 Å². The number of amides is 1. The molecule has 92 valence electrons. The molecule has 0 spiro atoms. The number of nitrogens with one attached hydrogen (secondary N) is 1. The second-order valence-corrected chi connectivity index (χ2v) is 5.17. The summed E-state index contributed by atoms with van der Waals surface area (Å²) in [6.07, 6.45) is 5.16. The van der Waals surface area contributed by atoms with Crippen LogP contribution in [0.2, 0.25) is 0 Å². The Bertz CT molecular complexity index is 253. The lowest BCUT2D eigenvalue weighted by Gasteiger charge is -2.19. The Kier molecular flexibility index (Phi) is 3.82. The smallest absolute Gasteiger partial charge is 0.220 e. The number of likely N-dealkylation sites (tertiary alicyclic amines) is 1. The molecule has 0 bridgehead atoms. The van der Waals surface area contributed by atoms with E-state index in [-0.39, 0.29) is 5.91 Å². The highest BCUT2D eigenvalue weighted by Gasteiger charge is 2.38.